The fraction of sp³-hybridized carbons (Fsp3) is 0.400. The number of hydrogen-bond donors (Lipinski definition) is 1. The van der Waals surface area contributed by atoms with E-state index in [9.17, 15) is 4.79 Å². The summed E-state index contributed by atoms with van der Waals surface area (Å²) in [6, 6.07) is 8.41. The molecule has 1 aromatic carbocycles. The van der Waals surface area contributed by atoms with Gasteiger partial charge < -0.3 is 9.72 Å². The monoisotopic (exact) mass is 258 g/mol. The SMILES string of the molecule is CCC1c2[nH]c3ccccc3c2CCN1C(=O)OC. The fourth-order valence-corrected chi connectivity index (χ4v) is 3.08. The van der Waals surface area contributed by atoms with Crippen molar-refractivity contribution < 1.29 is 9.53 Å². The van der Waals surface area contributed by atoms with Crippen LogP contribution in [0.2, 0.25) is 0 Å². The van der Waals surface area contributed by atoms with Gasteiger partial charge in [0.15, 0.2) is 0 Å². The van der Waals surface area contributed by atoms with Gasteiger partial charge in [0.2, 0.25) is 0 Å². The topological polar surface area (TPSA) is 45.3 Å². The number of carbonyl (C=O) groups is 1. The third-order valence-electron chi connectivity index (χ3n) is 3.95. The summed E-state index contributed by atoms with van der Waals surface area (Å²) in [7, 11) is 1.44. The van der Waals surface area contributed by atoms with Crippen molar-refractivity contribution in [3.05, 3.63) is 35.5 Å². The van der Waals surface area contributed by atoms with Gasteiger partial charge in [-0.3, -0.25) is 4.90 Å². The van der Waals surface area contributed by atoms with Crippen molar-refractivity contribution in [3.8, 4) is 0 Å². The highest BCUT2D eigenvalue weighted by Crippen LogP contribution is 2.36. The molecule has 4 nitrogen and oxygen atoms in total. The van der Waals surface area contributed by atoms with Gasteiger partial charge in [0.25, 0.3) is 0 Å². The van der Waals surface area contributed by atoms with Crippen molar-refractivity contribution >= 4 is 17.0 Å². The largest absolute Gasteiger partial charge is 0.453 e. The Kier molecular flexibility index (Phi) is 2.93. The van der Waals surface area contributed by atoms with E-state index in [1.165, 1.54) is 23.8 Å². The zero-order valence-corrected chi connectivity index (χ0v) is 11.3. The molecule has 0 fully saturated rings. The molecule has 0 radical (unpaired) electrons. The molecular weight excluding hydrogens is 240 g/mol. The molecule has 4 heteroatoms. The van der Waals surface area contributed by atoms with Gasteiger partial charge in [-0.05, 0) is 24.5 Å². The average molecular weight is 258 g/mol. The fourth-order valence-electron chi connectivity index (χ4n) is 3.08. The summed E-state index contributed by atoms with van der Waals surface area (Å²) in [5, 5.41) is 1.28. The maximum absolute atomic E-state index is 11.9. The maximum Gasteiger partial charge on any atom is 0.410 e. The van der Waals surface area contributed by atoms with Crippen molar-refractivity contribution in [2.75, 3.05) is 13.7 Å². The standard InChI is InChI=1S/C15H18N2O2/c1-3-13-14-11(8-9-17(13)15(18)19-2)10-6-4-5-7-12(10)16-14/h4-7,13,16H,3,8-9H2,1-2H3. The number of rotatable bonds is 1. The Bertz CT molecular complexity index is 618. The zero-order chi connectivity index (χ0) is 13.4. The molecule has 1 atom stereocenters. The smallest absolute Gasteiger partial charge is 0.410 e. The van der Waals surface area contributed by atoms with Gasteiger partial charge in [0.05, 0.1) is 13.2 Å². The van der Waals surface area contributed by atoms with Crippen LogP contribution in [0, 0.1) is 0 Å². The minimum Gasteiger partial charge on any atom is -0.453 e. The van der Waals surface area contributed by atoms with Gasteiger partial charge in [0, 0.05) is 23.1 Å². The van der Waals surface area contributed by atoms with Gasteiger partial charge in [-0.15, -0.1) is 0 Å². The summed E-state index contributed by atoms with van der Waals surface area (Å²) in [5.74, 6) is 0. The summed E-state index contributed by atoms with van der Waals surface area (Å²) in [5.41, 5.74) is 3.67. The van der Waals surface area contributed by atoms with Gasteiger partial charge in [-0.25, -0.2) is 4.79 Å². The Morgan fingerprint density at radius 2 is 2.26 bits per heavy atom. The van der Waals surface area contributed by atoms with Gasteiger partial charge >= 0.3 is 6.09 Å². The van der Waals surface area contributed by atoms with E-state index in [0.717, 1.165) is 24.9 Å². The van der Waals surface area contributed by atoms with Gasteiger partial charge in [0.1, 0.15) is 0 Å². The minimum absolute atomic E-state index is 0.0867. The number of methoxy groups -OCH3 is 1. The normalized spacial score (nSPS) is 18.4. The Morgan fingerprint density at radius 1 is 1.47 bits per heavy atom. The van der Waals surface area contributed by atoms with Crippen molar-refractivity contribution in [3.63, 3.8) is 0 Å². The second kappa shape index (κ2) is 4.61. The van der Waals surface area contributed by atoms with E-state index in [0.29, 0.717) is 0 Å². The molecule has 1 amide bonds. The van der Waals surface area contributed by atoms with E-state index in [2.05, 4.69) is 30.1 Å². The molecule has 0 aliphatic carbocycles. The predicted molar refractivity (Wildman–Crippen MR) is 74.1 cm³/mol. The number of ether oxygens (including phenoxy) is 1. The Hall–Kier alpha value is -1.97. The number of aromatic nitrogens is 1. The van der Waals surface area contributed by atoms with E-state index >= 15 is 0 Å². The molecule has 1 aliphatic heterocycles. The molecular formula is C15H18N2O2. The molecule has 1 unspecified atom stereocenters. The van der Waals surface area contributed by atoms with Crippen molar-refractivity contribution in [2.24, 2.45) is 0 Å². The lowest BCUT2D eigenvalue weighted by atomic mass is 9.96. The van der Waals surface area contributed by atoms with Crippen LogP contribution in [0.5, 0.6) is 0 Å². The van der Waals surface area contributed by atoms with Crippen LogP contribution in [0.15, 0.2) is 24.3 Å². The molecule has 2 aromatic rings. The maximum atomic E-state index is 11.9. The Balaban J connectivity index is 2.10. The summed E-state index contributed by atoms with van der Waals surface area (Å²) < 4.78 is 4.88. The van der Waals surface area contributed by atoms with E-state index in [-0.39, 0.29) is 12.1 Å². The third kappa shape index (κ3) is 1.79. The first-order valence-corrected chi connectivity index (χ1v) is 6.70. The number of nitrogens with one attached hydrogen (secondary N) is 1. The number of aromatic amines is 1. The summed E-state index contributed by atoms with van der Waals surface area (Å²) in [6.07, 6.45) is 1.52. The molecule has 0 spiro atoms. The predicted octanol–water partition coefficient (Wildman–Crippen LogP) is 3.24. The first-order chi connectivity index (χ1) is 9.26. The molecule has 1 aliphatic rings. The molecule has 1 aromatic heterocycles. The Morgan fingerprint density at radius 3 is 3.00 bits per heavy atom. The average Bonchev–Trinajstić information content (AvgIpc) is 2.84. The van der Waals surface area contributed by atoms with Crippen LogP contribution in [-0.2, 0) is 11.2 Å². The van der Waals surface area contributed by atoms with E-state index < -0.39 is 0 Å². The van der Waals surface area contributed by atoms with Crippen molar-refractivity contribution in [1.29, 1.82) is 0 Å². The van der Waals surface area contributed by atoms with E-state index in [4.69, 9.17) is 4.74 Å². The van der Waals surface area contributed by atoms with Crippen LogP contribution in [0.4, 0.5) is 4.79 Å². The van der Waals surface area contributed by atoms with Crippen LogP contribution in [-0.4, -0.2) is 29.6 Å². The van der Waals surface area contributed by atoms with Crippen molar-refractivity contribution in [1.82, 2.24) is 9.88 Å². The molecule has 1 N–H and O–H groups in total. The highest BCUT2D eigenvalue weighted by molar-refractivity contribution is 5.85. The first-order valence-electron chi connectivity index (χ1n) is 6.70. The van der Waals surface area contributed by atoms with Gasteiger partial charge in [-0.1, -0.05) is 25.1 Å². The van der Waals surface area contributed by atoms with Gasteiger partial charge in [-0.2, -0.15) is 0 Å². The number of hydrogen-bond acceptors (Lipinski definition) is 2. The van der Waals surface area contributed by atoms with E-state index in [1.54, 1.807) is 0 Å². The first kappa shape index (κ1) is 12.1. The van der Waals surface area contributed by atoms with Crippen LogP contribution in [0.3, 0.4) is 0 Å². The lowest BCUT2D eigenvalue weighted by Gasteiger charge is -2.34. The molecule has 0 saturated heterocycles. The number of carbonyl (C=O) groups excluding carboxylic acids is 1. The second-order valence-corrected chi connectivity index (χ2v) is 4.90. The third-order valence-corrected chi connectivity index (χ3v) is 3.95. The Labute approximate surface area is 112 Å². The number of H-pyrrole nitrogens is 1. The van der Waals surface area contributed by atoms with Crippen molar-refractivity contribution in [2.45, 2.75) is 25.8 Å². The van der Waals surface area contributed by atoms with Crippen LogP contribution in [0.1, 0.15) is 30.6 Å². The molecule has 100 valence electrons. The molecule has 3 rings (SSSR count). The molecule has 2 heterocycles. The second-order valence-electron chi connectivity index (χ2n) is 4.90. The number of amides is 1. The molecule has 19 heavy (non-hydrogen) atoms. The lowest BCUT2D eigenvalue weighted by molar-refractivity contribution is 0.0987. The molecule has 0 saturated carbocycles. The number of fused-ring (bicyclic) bond motifs is 3. The van der Waals surface area contributed by atoms with E-state index in [1.807, 2.05) is 11.0 Å². The highest BCUT2D eigenvalue weighted by atomic mass is 16.5. The van der Waals surface area contributed by atoms with Crippen LogP contribution < -0.4 is 0 Å². The zero-order valence-electron chi connectivity index (χ0n) is 11.3. The highest BCUT2D eigenvalue weighted by Gasteiger charge is 2.32. The summed E-state index contributed by atoms with van der Waals surface area (Å²) in [6.45, 7) is 2.82. The number of benzene rings is 1. The van der Waals surface area contributed by atoms with Crippen LogP contribution >= 0.6 is 0 Å². The lowest BCUT2D eigenvalue weighted by Crippen LogP contribution is -2.39. The number of nitrogens with zero attached hydrogens (tertiary/aromatic N) is 1. The van der Waals surface area contributed by atoms with Crippen LogP contribution in [0.25, 0.3) is 10.9 Å². The summed E-state index contributed by atoms with van der Waals surface area (Å²) >= 11 is 0. The number of para-hydroxylation sites is 1. The quantitative estimate of drug-likeness (QED) is 0.853. The molecule has 0 bridgehead atoms. The minimum atomic E-state index is -0.240. The summed E-state index contributed by atoms with van der Waals surface area (Å²) in [4.78, 5) is 17.1.